The van der Waals surface area contributed by atoms with E-state index in [4.69, 9.17) is 11.6 Å². The lowest BCUT2D eigenvalue weighted by Gasteiger charge is -2.39. The number of ether oxygens (including phenoxy) is 1. The second kappa shape index (κ2) is 4.45. The fourth-order valence-electron chi connectivity index (χ4n) is 1.99. The number of anilines is 1. The van der Waals surface area contributed by atoms with Crippen LogP contribution >= 0.6 is 11.6 Å². The third-order valence-electron chi connectivity index (χ3n) is 2.81. The van der Waals surface area contributed by atoms with Crippen LogP contribution in [0.4, 0.5) is 23.7 Å². The fraction of sp³-hybridized carbons (Fsp3) is 0.250. The number of carbonyl (C=O) groups is 1. The molecule has 0 spiro atoms. The van der Waals surface area contributed by atoms with Gasteiger partial charge in [-0.05, 0) is 18.2 Å². The quantitative estimate of drug-likeness (QED) is 0.828. The lowest BCUT2D eigenvalue weighted by Crippen LogP contribution is -2.50. The van der Waals surface area contributed by atoms with Gasteiger partial charge in [0, 0.05) is 17.0 Å². The van der Waals surface area contributed by atoms with Crippen molar-refractivity contribution in [3.05, 3.63) is 41.4 Å². The van der Waals surface area contributed by atoms with Gasteiger partial charge in [0.1, 0.15) is 0 Å². The SMILES string of the molecule is C=CC[C@]1(C(F)(F)F)OC(=O)Nc2ccc(Cl)cc21. The van der Waals surface area contributed by atoms with Crippen molar-refractivity contribution >= 4 is 23.4 Å². The summed E-state index contributed by atoms with van der Waals surface area (Å²) in [7, 11) is 0. The Bertz CT molecular complexity index is 544. The summed E-state index contributed by atoms with van der Waals surface area (Å²) < 4.78 is 44.7. The van der Waals surface area contributed by atoms with E-state index in [1.54, 1.807) is 0 Å². The van der Waals surface area contributed by atoms with Crippen molar-refractivity contribution in [1.29, 1.82) is 0 Å². The Hall–Kier alpha value is -1.69. The van der Waals surface area contributed by atoms with Crippen molar-refractivity contribution in [3.8, 4) is 0 Å². The summed E-state index contributed by atoms with van der Waals surface area (Å²) in [5.41, 5.74) is -2.95. The third-order valence-corrected chi connectivity index (χ3v) is 3.05. The summed E-state index contributed by atoms with van der Waals surface area (Å²) in [4.78, 5) is 11.3. The monoisotopic (exact) mass is 291 g/mol. The number of amides is 1. The smallest absolute Gasteiger partial charge is 0.428 e. The van der Waals surface area contributed by atoms with Gasteiger partial charge >= 0.3 is 12.3 Å². The number of nitrogens with one attached hydrogen (secondary N) is 1. The second-order valence-electron chi connectivity index (χ2n) is 4.02. The molecule has 1 N–H and O–H groups in total. The molecule has 3 nitrogen and oxygen atoms in total. The molecule has 1 amide bonds. The minimum absolute atomic E-state index is 0.0276. The first-order valence-electron chi connectivity index (χ1n) is 5.28. The van der Waals surface area contributed by atoms with Gasteiger partial charge in [-0.25, -0.2) is 4.79 Å². The Morgan fingerprint density at radius 2 is 2.16 bits per heavy atom. The van der Waals surface area contributed by atoms with Gasteiger partial charge < -0.3 is 4.74 Å². The molecule has 1 aromatic carbocycles. The molecule has 7 heteroatoms. The molecule has 102 valence electrons. The summed E-state index contributed by atoms with van der Waals surface area (Å²) in [5, 5.41) is 2.34. The highest BCUT2D eigenvalue weighted by Gasteiger charge is 2.61. The van der Waals surface area contributed by atoms with E-state index in [0.29, 0.717) is 0 Å². The Morgan fingerprint density at radius 1 is 1.47 bits per heavy atom. The minimum Gasteiger partial charge on any atom is -0.428 e. The van der Waals surface area contributed by atoms with E-state index < -0.39 is 24.3 Å². The zero-order valence-corrected chi connectivity index (χ0v) is 10.3. The molecule has 19 heavy (non-hydrogen) atoms. The van der Waals surface area contributed by atoms with Crippen LogP contribution in [0.3, 0.4) is 0 Å². The number of fused-ring (bicyclic) bond motifs is 1. The van der Waals surface area contributed by atoms with Crippen molar-refractivity contribution in [3.63, 3.8) is 0 Å². The number of halogens is 4. The molecular weight excluding hydrogens is 283 g/mol. The Balaban J connectivity index is 2.71. The van der Waals surface area contributed by atoms with Crippen molar-refractivity contribution < 1.29 is 22.7 Å². The van der Waals surface area contributed by atoms with Crippen LogP contribution in [-0.4, -0.2) is 12.3 Å². The lowest BCUT2D eigenvalue weighted by molar-refractivity contribution is -0.263. The average molecular weight is 292 g/mol. The van der Waals surface area contributed by atoms with E-state index in [1.807, 2.05) is 0 Å². The standard InChI is InChI=1S/C12H9ClF3NO2/c1-2-5-11(12(14,15)16)8-6-7(13)3-4-9(8)17-10(18)19-11/h2-4,6H,1,5H2,(H,17,18)/t11-/m0/s1. The van der Waals surface area contributed by atoms with Gasteiger partial charge in [0.2, 0.25) is 5.60 Å². The van der Waals surface area contributed by atoms with Gasteiger partial charge in [0.05, 0.1) is 5.69 Å². The number of rotatable bonds is 2. The highest BCUT2D eigenvalue weighted by Crippen LogP contribution is 2.50. The van der Waals surface area contributed by atoms with Gasteiger partial charge in [0.15, 0.2) is 0 Å². The van der Waals surface area contributed by atoms with Gasteiger partial charge in [-0.3, -0.25) is 5.32 Å². The number of alkyl halides is 3. The van der Waals surface area contributed by atoms with Crippen LogP contribution in [0.15, 0.2) is 30.9 Å². The van der Waals surface area contributed by atoms with Crippen molar-refractivity contribution in [2.75, 3.05) is 5.32 Å². The van der Waals surface area contributed by atoms with Gasteiger partial charge in [-0.1, -0.05) is 17.7 Å². The lowest BCUT2D eigenvalue weighted by atomic mass is 9.87. The van der Waals surface area contributed by atoms with Crippen molar-refractivity contribution in [2.45, 2.75) is 18.2 Å². The molecular formula is C12H9ClF3NO2. The first kappa shape index (κ1) is 13.7. The molecule has 0 aliphatic carbocycles. The maximum Gasteiger partial charge on any atom is 0.433 e. The number of cyclic esters (lactones) is 1. The van der Waals surface area contributed by atoms with Gasteiger partial charge in [-0.15, -0.1) is 6.58 Å². The number of hydrogen-bond acceptors (Lipinski definition) is 2. The molecule has 0 radical (unpaired) electrons. The normalized spacial score (nSPS) is 22.2. The molecule has 2 rings (SSSR count). The summed E-state index contributed by atoms with van der Waals surface area (Å²) in [6.07, 6.45) is -5.47. The molecule has 0 unspecified atom stereocenters. The molecule has 1 aliphatic rings. The van der Waals surface area contributed by atoms with Gasteiger partial charge in [-0.2, -0.15) is 13.2 Å². The largest absolute Gasteiger partial charge is 0.433 e. The molecule has 0 aromatic heterocycles. The summed E-state index contributed by atoms with van der Waals surface area (Å²) >= 11 is 5.73. The predicted octanol–water partition coefficient (Wildman–Crippen LogP) is 4.24. The summed E-state index contributed by atoms with van der Waals surface area (Å²) in [6, 6.07) is 3.83. The van der Waals surface area contributed by atoms with Crippen LogP contribution in [0.5, 0.6) is 0 Å². The third kappa shape index (κ3) is 2.16. The minimum atomic E-state index is -4.78. The fourth-order valence-corrected chi connectivity index (χ4v) is 2.16. The highest BCUT2D eigenvalue weighted by molar-refractivity contribution is 6.30. The maximum absolute atomic E-state index is 13.4. The molecule has 0 fully saturated rings. The zero-order chi connectivity index (χ0) is 14.3. The Labute approximate surface area is 112 Å². The average Bonchev–Trinajstić information content (AvgIpc) is 2.28. The number of hydrogen-bond donors (Lipinski definition) is 1. The second-order valence-corrected chi connectivity index (χ2v) is 4.46. The first-order valence-corrected chi connectivity index (χ1v) is 5.65. The van der Waals surface area contributed by atoms with Crippen LogP contribution < -0.4 is 5.32 Å². The number of benzene rings is 1. The molecule has 0 saturated heterocycles. The topological polar surface area (TPSA) is 38.3 Å². The molecule has 1 atom stereocenters. The van der Waals surface area contributed by atoms with E-state index in [-0.39, 0.29) is 16.3 Å². The van der Waals surface area contributed by atoms with E-state index in [2.05, 4.69) is 16.6 Å². The van der Waals surface area contributed by atoms with E-state index in [9.17, 15) is 18.0 Å². The maximum atomic E-state index is 13.4. The molecule has 0 bridgehead atoms. The van der Waals surface area contributed by atoms with E-state index >= 15 is 0 Å². The van der Waals surface area contributed by atoms with Crippen LogP contribution in [0.1, 0.15) is 12.0 Å². The Kier molecular flexibility index (Phi) is 3.22. The van der Waals surface area contributed by atoms with Gasteiger partial charge in [0.25, 0.3) is 0 Å². The van der Waals surface area contributed by atoms with Crippen LogP contribution in [0.2, 0.25) is 5.02 Å². The highest BCUT2D eigenvalue weighted by atomic mass is 35.5. The van der Waals surface area contributed by atoms with Crippen molar-refractivity contribution in [2.24, 2.45) is 0 Å². The van der Waals surface area contributed by atoms with Crippen LogP contribution in [0.25, 0.3) is 0 Å². The molecule has 0 saturated carbocycles. The molecule has 1 heterocycles. The van der Waals surface area contributed by atoms with Crippen LogP contribution in [0, 0.1) is 0 Å². The summed E-state index contributed by atoms with van der Waals surface area (Å²) in [6.45, 7) is 3.29. The summed E-state index contributed by atoms with van der Waals surface area (Å²) in [5.74, 6) is 0. The van der Waals surface area contributed by atoms with E-state index in [0.717, 1.165) is 12.1 Å². The van der Waals surface area contributed by atoms with Crippen LogP contribution in [-0.2, 0) is 10.3 Å². The van der Waals surface area contributed by atoms with Crippen molar-refractivity contribution in [1.82, 2.24) is 0 Å². The van der Waals surface area contributed by atoms with E-state index in [1.165, 1.54) is 12.1 Å². The zero-order valence-electron chi connectivity index (χ0n) is 9.55. The first-order chi connectivity index (χ1) is 8.80. The molecule has 1 aliphatic heterocycles. The predicted molar refractivity (Wildman–Crippen MR) is 64.1 cm³/mol. The number of carbonyl (C=O) groups excluding carboxylic acids is 1. The molecule has 1 aromatic rings. The Morgan fingerprint density at radius 3 is 2.74 bits per heavy atom.